The molecule has 3 rings (SSSR count). The molecule has 24 heavy (non-hydrogen) atoms. The summed E-state index contributed by atoms with van der Waals surface area (Å²) in [6.07, 6.45) is 4.98. The lowest BCUT2D eigenvalue weighted by molar-refractivity contribution is 0.0670. The van der Waals surface area contributed by atoms with Crippen LogP contribution in [0.15, 0.2) is 27.6 Å². The van der Waals surface area contributed by atoms with E-state index >= 15 is 0 Å². The summed E-state index contributed by atoms with van der Waals surface area (Å²) in [6.45, 7) is 3.63. The van der Waals surface area contributed by atoms with Gasteiger partial charge in [-0.3, -0.25) is 4.79 Å². The molecule has 1 heterocycles. The number of rotatable bonds is 5. The average Bonchev–Trinajstić information content (AvgIpc) is 3.37. The number of piperidine rings is 1. The Morgan fingerprint density at radius 3 is 2.75 bits per heavy atom. The first-order valence-electron chi connectivity index (χ1n) is 8.52. The minimum absolute atomic E-state index is 0.0465. The van der Waals surface area contributed by atoms with E-state index in [1.165, 1.54) is 12.1 Å². The van der Waals surface area contributed by atoms with E-state index in [9.17, 15) is 13.2 Å². The van der Waals surface area contributed by atoms with Crippen LogP contribution in [0, 0.1) is 5.92 Å². The van der Waals surface area contributed by atoms with Crippen molar-refractivity contribution in [1.82, 2.24) is 9.62 Å². The van der Waals surface area contributed by atoms with Gasteiger partial charge in [-0.2, -0.15) is 0 Å². The lowest BCUT2D eigenvalue weighted by atomic mass is 9.95. The standard InChI is InChI=1S/C17H23BrN2O3S/c1-2-12-4-3-9-20(11-12)17(21)15-10-14(7-8-16(15)18)24(22,23)19-13-5-6-13/h7-8,10,12-13,19H,2-6,9,11H2,1H3. The smallest absolute Gasteiger partial charge is 0.255 e. The van der Waals surface area contributed by atoms with Gasteiger partial charge in [0, 0.05) is 23.6 Å². The second-order valence-electron chi connectivity index (χ2n) is 6.70. The summed E-state index contributed by atoms with van der Waals surface area (Å²) in [5.74, 6) is 0.438. The third kappa shape index (κ3) is 4.00. The predicted octanol–water partition coefficient (Wildman–Crippen LogP) is 3.15. The van der Waals surface area contributed by atoms with E-state index in [0.29, 0.717) is 16.0 Å². The highest BCUT2D eigenvalue weighted by molar-refractivity contribution is 9.10. The summed E-state index contributed by atoms with van der Waals surface area (Å²) in [7, 11) is -3.56. The second-order valence-corrected chi connectivity index (χ2v) is 9.27. The highest BCUT2D eigenvalue weighted by Crippen LogP contribution is 2.27. The number of halogens is 1. The number of benzene rings is 1. The number of amides is 1. The van der Waals surface area contributed by atoms with Crippen molar-refractivity contribution >= 4 is 31.9 Å². The monoisotopic (exact) mass is 414 g/mol. The van der Waals surface area contributed by atoms with Crippen molar-refractivity contribution in [2.75, 3.05) is 13.1 Å². The van der Waals surface area contributed by atoms with E-state index in [1.807, 2.05) is 4.90 Å². The number of carbonyl (C=O) groups is 1. The van der Waals surface area contributed by atoms with Crippen LogP contribution in [0.4, 0.5) is 0 Å². The van der Waals surface area contributed by atoms with Gasteiger partial charge >= 0.3 is 0 Å². The van der Waals surface area contributed by atoms with E-state index in [-0.39, 0.29) is 16.8 Å². The molecular weight excluding hydrogens is 392 g/mol. The Balaban J connectivity index is 1.84. The van der Waals surface area contributed by atoms with Gasteiger partial charge < -0.3 is 4.90 Å². The maximum absolute atomic E-state index is 12.9. The van der Waals surface area contributed by atoms with Gasteiger partial charge in [-0.05, 0) is 65.7 Å². The fourth-order valence-electron chi connectivity index (χ4n) is 3.08. The van der Waals surface area contributed by atoms with Crippen LogP contribution in [0.3, 0.4) is 0 Å². The Labute approximate surface area is 152 Å². The molecule has 0 aromatic heterocycles. The van der Waals surface area contributed by atoms with Gasteiger partial charge in [0.1, 0.15) is 0 Å². The summed E-state index contributed by atoms with van der Waals surface area (Å²) in [6, 6.07) is 4.73. The molecule has 2 fully saturated rings. The molecule has 1 saturated carbocycles. The van der Waals surface area contributed by atoms with E-state index < -0.39 is 10.0 Å². The van der Waals surface area contributed by atoms with Crippen molar-refractivity contribution in [3.63, 3.8) is 0 Å². The lowest BCUT2D eigenvalue weighted by Gasteiger charge is -2.32. The topological polar surface area (TPSA) is 66.5 Å². The fraction of sp³-hybridized carbons (Fsp3) is 0.588. The van der Waals surface area contributed by atoms with Crippen molar-refractivity contribution in [3.8, 4) is 0 Å². The Bertz CT molecular complexity index is 731. The van der Waals surface area contributed by atoms with Crippen LogP contribution in [0.5, 0.6) is 0 Å². The molecule has 1 aliphatic heterocycles. The lowest BCUT2D eigenvalue weighted by Crippen LogP contribution is -2.40. The van der Waals surface area contributed by atoms with Gasteiger partial charge in [-0.15, -0.1) is 0 Å². The zero-order chi connectivity index (χ0) is 17.3. The third-order valence-electron chi connectivity index (χ3n) is 4.76. The minimum atomic E-state index is -3.56. The molecule has 1 unspecified atom stereocenters. The van der Waals surface area contributed by atoms with Gasteiger partial charge in [0.15, 0.2) is 0 Å². The quantitative estimate of drug-likeness (QED) is 0.804. The number of likely N-dealkylation sites (tertiary alicyclic amines) is 1. The molecule has 1 saturated heterocycles. The van der Waals surface area contributed by atoms with Gasteiger partial charge in [0.25, 0.3) is 5.91 Å². The van der Waals surface area contributed by atoms with E-state index in [4.69, 9.17) is 0 Å². The first kappa shape index (κ1) is 17.9. The summed E-state index contributed by atoms with van der Waals surface area (Å²) >= 11 is 3.40. The fourth-order valence-corrected chi connectivity index (χ4v) is 4.82. The van der Waals surface area contributed by atoms with Crippen LogP contribution < -0.4 is 4.72 Å². The first-order valence-corrected chi connectivity index (χ1v) is 10.8. The van der Waals surface area contributed by atoms with Crippen LogP contribution in [0.25, 0.3) is 0 Å². The molecule has 5 nitrogen and oxygen atoms in total. The molecule has 1 aliphatic carbocycles. The third-order valence-corrected chi connectivity index (χ3v) is 6.97. The van der Waals surface area contributed by atoms with Crippen LogP contribution >= 0.6 is 15.9 Å². The van der Waals surface area contributed by atoms with Crippen molar-refractivity contribution in [3.05, 3.63) is 28.2 Å². The van der Waals surface area contributed by atoms with E-state index in [0.717, 1.165) is 45.2 Å². The zero-order valence-electron chi connectivity index (χ0n) is 13.8. The molecule has 0 radical (unpaired) electrons. The summed E-state index contributed by atoms with van der Waals surface area (Å²) in [4.78, 5) is 14.9. The minimum Gasteiger partial charge on any atom is -0.338 e. The summed E-state index contributed by atoms with van der Waals surface area (Å²) < 4.78 is 28.1. The summed E-state index contributed by atoms with van der Waals surface area (Å²) in [5.41, 5.74) is 0.422. The highest BCUT2D eigenvalue weighted by atomic mass is 79.9. The Morgan fingerprint density at radius 2 is 2.08 bits per heavy atom. The maximum Gasteiger partial charge on any atom is 0.255 e. The molecule has 1 aromatic carbocycles. The second kappa shape index (κ2) is 7.14. The molecule has 0 spiro atoms. The maximum atomic E-state index is 12.9. The molecule has 1 aromatic rings. The number of nitrogens with zero attached hydrogens (tertiary/aromatic N) is 1. The van der Waals surface area contributed by atoms with E-state index in [1.54, 1.807) is 6.07 Å². The Morgan fingerprint density at radius 1 is 1.33 bits per heavy atom. The van der Waals surface area contributed by atoms with Gasteiger partial charge in [0.05, 0.1) is 10.5 Å². The van der Waals surface area contributed by atoms with Crippen LogP contribution in [0.1, 0.15) is 49.4 Å². The van der Waals surface area contributed by atoms with Crippen molar-refractivity contribution in [1.29, 1.82) is 0 Å². The number of hydrogen-bond acceptors (Lipinski definition) is 3. The Kier molecular flexibility index (Phi) is 5.32. The number of sulfonamides is 1. The van der Waals surface area contributed by atoms with Crippen molar-refractivity contribution in [2.24, 2.45) is 5.92 Å². The molecule has 0 bridgehead atoms. The molecule has 1 amide bonds. The largest absolute Gasteiger partial charge is 0.338 e. The highest BCUT2D eigenvalue weighted by Gasteiger charge is 2.30. The van der Waals surface area contributed by atoms with Crippen molar-refractivity contribution in [2.45, 2.75) is 50.0 Å². The summed E-state index contributed by atoms with van der Waals surface area (Å²) in [5, 5.41) is 0. The van der Waals surface area contributed by atoms with Gasteiger partial charge in [-0.25, -0.2) is 13.1 Å². The van der Waals surface area contributed by atoms with Crippen LogP contribution in [-0.4, -0.2) is 38.4 Å². The van der Waals surface area contributed by atoms with Crippen LogP contribution in [-0.2, 0) is 10.0 Å². The number of carbonyl (C=O) groups excluding carboxylic acids is 1. The van der Waals surface area contributed by atoms with Gasteiger partial charge in [-0.1, -0.05) is 13.3 Å². The molecule has 2 aliphatic rings. The average molecular weight is 415 g/mol. The SMILES string of the molecule is CCC1CCCN(C(=O)c2cc(S(=O)(=O)NC3CC3)ccc2Br)C1. The normalized spacial score (nSPS) is 21.8. The van der Waals surface area contributed by atoms with E-state index in [2.05, 4.69) is 27.6 Å². The van der Waals surface area contributed by atoms with Crippen LogP contribution in [0.2, 0.25) is 0 Å². The molecule has 1 atom stereocenters. The van der Waals surface area contributed by atoms with Gasteiger partial charge in [0.2, 0.25) is 10.0 Å². The number of nitrogens with one attached hydrogen (secondary N) is 1. The molecule has 1 N–H and O–H groups in total. The number of hydrogen-bond donors (Lipinski definition) is 1. The molecular formula is C17H23BrN2O3S. The Hall–Kier alpha value is -0.920. The first-order chi connectivity index (χ1) is 11.4. The molecule has 7 heteroatoms. The molecule has 132 valence electrons. The van der Waals surface area contributed by atoms with Crippen molar-refractivity contribution < 1.29 is 13.2 Å². The predicted molar refractivity (Wildman–Crippen MR) is 96.4 cm³/mol. The zero-order valence-corrected chi connectivity index (χ0v) is 16.2.